The highest BCUT2D eigenvalue weighted by Gasteiger charge is 2.26. The smallest absolute Gasteiger partial charge is 0.268 e. The minimum Gasteiger partial charge on any atom is -0.268 e. The van der Waals surface area contributed by atoms with Crippen LogP contribution in [0.1, 0.15) is 35.2 Å². The summed E-state index contributed by atoms with van der Waals surface area (Å²) in [5.74, 6) is -1.81. The molecule has 0 radical (unpaired) electrons. The van der Waals surface area contributed by atoms with Gasteiger partial charge in [0.25, 0.3) is 11.8 Å². The molecule has 2 amide bonds. The van der Waals surface area contributed by atoms with Crippen LogP contribution in [0.4, 0.5) is 4.39 Å². The van der Waals surface area contributed by atoms with Crippen molar-refractivity contribution < 1.29 is 22.4 Å². The molecule has 158 valence electrons. The van der Waals surface area contributed by atoms with Gasteiger partial charge in [-0.3, -0.25) is 20.4 Å². The van der Waals surface area contributed by atoms with Gasteiger partial charge >= 0.3 is 0 Å². The van der Waals surface area contributed by atoms with E-state index in [1.165, 1.54) is 52.8 Å². The van der Waals surface area contributed by atoms with E-state index >= 15 is 0 Å². The molecule has 0 aliphatic carbocycles. The van der Waals surface area contributed by atoms with E-state index in [1.54, 1.807) is 6.07 Å². The predicted octanol–water partition coefficient (Wildman–Crippen LogP) is 2.47. The molecule has 2 aromatic carbocycles. The van der Waals surface area contributed by atoms with E-state index in [4.69, 9.17) is 0 Å². The van der Waals surface area contributed by atoms with Crippen molar-refractivity contribution in [2.75, 3.05) is 13.1 Å². The van der Waals surface area contributed by atoms with Crippen LogP contribution in [0, 0.1) is 5.82 Å². The topological polar surface area (TPSA) is 95.6 Å². The second-order valence-electron chi connectivity index (χ2n) is 6.79. The monoisotopic (exact) mass is 431 g/mol. The summed E-state index contributed by atoms with van der Waals surface area (Å²) >= 11 is 0. The lowest BCUT2D eigenvalue weighted by Gasteiger charge is -2.26. The Bertz CT molecular complexity index is 1060. The summed E-state index contributed by atoms with van der Waals surface area (Å²) in [6, 6.07) is 11.6. The zero-order valence-corrected chi connectivity index (χ0v) is 17.0. The number of hydrogen-bond donors (Lipinski definition) is 2. The minimum atomic E-state index is -3.67. The Morgan fingerprint density at radius 3 is 2.43 bits per heavy atom. The Kier molecular flexibility index (Phi) is 6.96. The molecule has 7 nitrogen and oxygen atoms in total. The molecule has 2 N–H and O–H groups in total. The van der Waals surface area contributed by atoms with Crippen LogP contribution in [0.3, 0.4) is 0 Å². The summed E-state index contributed by atoms with van der Waals surface area (Å²) in [6.45, 7) is 0.923. The highest BCUT2D eigenvalue weighted by atomic mass is 32.2. The molecule has 3 rings (SSSR count). The standard InChI is InChI=1S/C21H22FN3O4S/c22-19-10-3-2-7-16(19)11-12-20(26)23-24-21(27)17-8-6-9-18(15-17)30(28,29)25-13-4-1-5-14-25/h2-3,6-12,15H,1,4-5,13-14H2,(H,23,26)(H,24,27)/b12-11+. The molecule has 2 aromatic rings. The molecule has 9 heteroatoms. The average Bonchev–Trinajstić information content (AvgIpc) is 2.77. The SMILES string of the molecule is O=C(/C=C/c1ccccc1F)NNC(=O)c1cccc(S(=O)(=O)N2CCCCC2)c1. The Balaban J connectivity index is 1.62. The van der Waals surface area contributed by atoms with E-state index in [0.717, 1.165) is 25.3 Å². The van der Waals surface area contributed by atoms with Gasteiger partial charge in [0, 0.05) is 30.3 Å². The van der Waals surface area contributed by atoms with E-state index in [9.17, 15) is 22.4 Å². The van der Waals surface area contributed by atoms with Gasteiger partial charge < -0.3 is 0 Å². The van der Waals surface area contributed by atoms with Crippen molar-refractivity contribution >= 4 is 27.9 Å². The Morgan fingerprint density at radius 1 is 0.967 bits per heavy atom. The Hall–Kier alpha value is -3.04. The molecule has 0 atom stereocenters. The third kappa shape index (κ3) is 5.31. The van der Waals surface area contributed by atoms with Crippen molar-refractivity contribution in [2.45, 2.75) is 24.2 Å². The lowest BCUT2D eigenvalue weighted by Crippen LogP contribution is -2.41. The molecule has 0 aromatic heterocycles. The number of carbonyl (C=O) groups excluding carboxylic acids is 2. The molecule has 1 aliphatic rings. The minimum absolute atomic E-state index is 0.0304. The first-order valence-electron chi connectivity index (χ1n) is 9.51. The maximum absolute atomic E-state index is 13.5. The fourth-order valence-electron chi connectivity index (χ4n) is 3.06. The molecule has 30 heavy (non-hydrogen) atoms. The van der Waals surface area contributed by atoms with Crippen LogP contribution in [0.5, 0.6) is 0 Å². The lowest BCUT2D eigenvalue weighted by molar-refractivity contribution is -0.117. The van der Waals surface area contributed by atoms with Crippen molar-refractivity contribution in [3.63, 3.8) is 0 Å². The number of nitrogens with one attached hydrogen (secondary N) is 2. The normalized spacial score (nSPS) is 15.1. The van der Waals surface area contributed by atoms with Crippen LogP contribution in [0.15, 0.2) is 59.5 Å². The van der Waals surface area contributed by atoms with Gasteiger partial charge in [0.2, 0.25) is 10.0 Å². The highest BCUT2D eigenvalue weighted by molar-refractivity contribution is 7.89. The number of piperidine rings is 1. The molecule has 0 bridgehead atoms. The van der Waals surface area contributed by atoms with Gasteiger partial charge in [-0.15, -0.1) is 0 Å². The molecule has 0 saturated carbocycles. The number of hydrazine groups is 1. The fourth-order valence-corrected chi connectivity index (χ4v) is 4.62. The highest BCUT2D eigenvalue weighted by Crippen LogP contribution is 2.21. The number of benzene rings is 2. The van der Waals surface area contributed by atoms with Gasteiger partial charge in [-0.25, -0.2) is 12.8 Å². The molecular formula is C21H22FN3O4S. The molecule has 1 fully saturated rings. The summed E-state index contributed by atoms with van der Waals surface area (Å²) < 4.78 is 40.5. The molecule has 1 aliphatic heterocycles. The summed E-state index contributed by atoms with van der Waals surface area (Å²) in [7, 11) is -3.67. The summed E-state index contributed by atoms with van der Waals surface area (Å²) in [6.07, 6.45) is 4.98. The molecule has 0 spiro atoms. The summed E-state index contributed by atoms with van der Waals surface area (Å²) in [4.78, 5) is 24.2. The number of amides is 2. The van der Waals surface area contributed by atoms with Crippen LogP contribution in [-0.2, 0) is 14.8 Å². The van der Waals surface area contributed by atoms with E-state index < -0.39 is 27.7 Å². The largest absolute Gasteiger partial charge is 0.269 e. The van der Waals surface area contributed by atoms with E-state index in [2.05, 4.69) is 10.9 Å². The molecular weight excluding hydrogens is 409 g/mol. The number of nitrogens with zero attached hydrogens (tertiary/aromatic N) is 1. The second kappa shape index (κ2) is 9.64. The second-order valence-corrected chi connectivity index (χ2v) is 8.73. The van der Waals surface area contributed by atoms with Crippen LogP contribution in [0.2, 0.25) is 0 Å². The van der Waals surface area contributed by atoms with Crippen LogP contribution in [-0.4, -0.2) is 37.6 Å². The Morgan fingerprint density at radius 2 is 1.70 bits per heavy atom. The van der Waals surface area contributed by atoms with E-state index in [-0.39, 0.29) is 16.0 Å². The first kappa shape index (κ1) is 21.7. The first-order valence-corrected chi connectivity index (χ1v) is 10.9. The van der Waals surface area contributed by atoms with Crippen molar-refractivity contribution in [1.82, 2.24) is 15.2 Å². The van der Waals surface area contributed by atoms with Crippen molar-refractivity contribution in [1.29, 1.82) is 0 Å². The number of rotatable bonds is 5. The summed E-state index contributed by atoms with van der Waals surface area (Å²) in [5.41, 5.74) is 4.72. The maximum atomic E-state index is 13.5. The molecule has 1 heterocycles. The third-order valence-electron chi connectivity index (χ3n) is 4.67. The zero-order chi connectivity index (χ0) is 21.6. The van der Waals surface area contributed by atoms with Crippen LogP contribution in [0.25, 0.3) is 6.08 Å². The van der Waals surface area contributed by atoms with Gasteiger partial charge in [0.05, 0.1) is 4.90 Å². The van der Waals surface area contributed by atoms with E-state index in [0.29, 0.717) is 13.1 Å². The van der Waals surface area contributed by atoms with Crippen LogP contribution >= 0.6 is 0 Å². The maximum Gasteiger partial charge on any atom is 0.269 e. The van der Waals surface area contributed by atoms with Crippen molar-refractivity contribution in [2.24, 2.45) is 0 Å². The van der Waals surface area contributed by atoms with Crippen molar-refractivity contribution in [3.05, 3.63) is 71.6 Å². The summed E-state index contributed by atoms with van der Waals surface area (Å²) in [5, 5.41) is 0. The van der Waals surface area contributed by atoms with Gasteiger partial charge in [-0.05, 0) is 43.2 Å². The Labute approximate surface area is 174 Å². The average molecular weight is 431 g/mol. The molecule has 1 saturated heterocycles. The zero-order valence-electron chi connectivity index (χ0n) is 16.2. The van der Waals surface area contributed by atoms with Gasteiger partial charge in [0.1, 0.15) is 5.82 Å². The van der Waals surface area contributed by atoms with Gasteiger partial charge in [0.15, 0.2) is 0 Å². The number of carbonyl (C=O) groups is 2. The van der Waals surface area contributed by atoms with Crippen molar-refractivity contribution in [3.8, 4) is 0 Å². The number of halogens is 1. The number of sulfonamides is 1. The fraction of sp³-hybridized carbons (Fsp3) is 0.238. The first-order chi connectivity index (χ1) is 14.4. The number of hydrogen-bond acceptors (Lipinski definition) is 4. The lowest BCUT2D eigenvalue weighted by atomic mass is 10.2. The van der Waals surface area contributed by atoms with Crippen LogP contribution < -0.4 is 10.9 Å². The molecule has 0 unspecified atom stereocenters. The van der Waals surface area contributed by atoms with Gasteiger partial charge in [-0.1, -0.05) is 30.7 Å². The van der Waals surface area contributed by atoms with E-state index in [1.807, 2.05) is 0 Å². The predicted molar refractivity (Wildman–Crippen MR) is 110 cm³/mol. The van der Waals surface area contributed by atoms with Gasteiger partial charge in [-0.2, -0.15) is 4.31 Å². The quantitative estimate of drug-likeness (QED) is 0.562. The third-order valence-corrected chi connectivity index (χ3v) is 6.56.